The minimum Gasteiger partial charge on any atom is -0.377 e. The maximum Gasteiger partial charge on any atom is 0.254 e. The van der Waals surface area contributed by atoms with Gasteiger partial charge in [0.2, 0.25) is 0 Å². The van der Waals surface area contributed by atoms with E-state index in [0.29, 0.717) is 31.1 Å². The Labute approximate surface area is 130 Å². The lowest BCUT2D eigenvalue weighted by atomic mass is 10.1. The second-order valence-electron chi connectivity index (χ2n) is 4.79. The smallest absolute Gasteiger partial charge is 0.254 e. The molecule has 2 rings (SSSR count). The first-order chi connectivity index (χ1) is 10.7. The highest BCUT2D eigenvalue weighted by atomic mass is 16.5. The molecule has 2 N–H and O–H groups in total. The third-order valence-corrected chi connectivity index (χ3v) is 3.20. The molecule has 0 radical (unpaired) electrons. The first-order valence-corrected chi connectivity index (χ1v) is 7.31. The Bertz CT molecular complexity index is 629. The van der Waals surface area contributed by atoms with Crippen molar-refractivity contribution in [2.45, 2.75) is 20.1 Å². The van der Waals surface area contributed by atoms with E-state index in [0.717, 1.165) is 11.1 Å². The topological polar surface area (TPSA) is 63.2 Å². The van der Waals surface area contributed by atoms with Crippen molar-refractivity contribution in [3.8, 4) is 0 Å². The molecule has 0 aliphatic heterocycles. The molecule has 0 atom stereocenters. The molecule has 1 heterocycles. The molecule has 0 fully saturated rings. The quantitative estimate of drug-likeness (QED) is 0.825. The van der Waals surface area contributed by atoms with E-state index < -0.39 is 0 Å². The highest BCUT2D eigenvalue weighted by Crippen LogP contribution is 2.14. The summed E-state index contributed by atoms with van der Waals surface area (Å²) in [5.74, 6) is 0.428. The van der Waals surface area contributed by atoms with E-state index in [1.807, 2.05) is 25.1 Å². The van der Waals surface area contributed by atoms with Crippen LogP contribution in [0.2, 0.25) is 0 Å². The number of nitrogens with one attached hydrogen (secondary N) is 2. The van der Waals surface area contributed by atoms with Crippen molar-refractivity contribution < 1.29 is 9.53 Å². The highest BCUT2D eigenvalue weighted by molar-refractivity contribution is 5.98. The number of hydrogen-bond donors (Lipinski definition) is 2. The van der Waals surface area contributed by atoms with Gasteiger partial charge in [-0.2, -0.15) is 0 Å². The monoisotopic (exact) mass is 299 g/mol. The second kappa shape index (κ2) is 8.14. The molecule has 2 aromatic rings. The zero-order valence-corrected chi connectivity index (χ0v) is 12.9. The summed E-state index contributed by atoms with van der Waals surface area (Å²) in [6.07, 6.45) is 1.67. The van der Waals surface area contributed by atoms with Gasteiger partial charge in [-0.25, -0.2) is 4.98 Å². The van der Waals surface area contributed by atoms with Crippen LogP contribution in [0.4, 0.5) is 5.82 Å². The number of ether oxygens (including phenoxy) is 1. The van der Waals surface area contributed by atoms with Gasteiger partial charge in [-0.05, 0) is 30.2 Å². The Kier molecular flexibility index (Phi) is 5.91. The van der Waals surface area contributed by atoms with Crippen LogP contribution >= 0.6 is 0 Å². The van der Waals surface area contributed by atoms with Crippen LogP contribution in [0.25, 0.3) is 0 Å². The summed E-state index contributed by atoms with van der Waals surface area (Å²) in [5, 5.41) is 5.83. The third kappa shape index (κ3) is 4.30. The Balaban J connectivity index is 2.06. The van der Waals surface area contributed by atoms with E-state index in [1.54, 1.807) is 25.4 Å². The van der Waals surface area contributed by atoms with Gasteiger partial charge in [0.1, 0.15) is 5.82 Å². The van der Waals surface area contributed by atoms with Crippen molar-refractivity contribution in [3.63, 3.8) is 0 Å². The summed E-state index contributed by atoms with van der Waals surface area (Å²) in [7, 11) is 1.61. The molecule has 5 heteroatoms. The molecule has 1 aromatic carbocycles. The minimum absolute atomic E-state index is 0.152. The number of pyridine rings is 1. The Hall–Kier alpha value is -2.40. The highest BCUT2D eigenvalue weighted by Gasteiger charge is 2.10. The predicted molar refractivity (Wildman–Crippen MR) is 86.7 cm³/mol. The fourth-order valence-electron chi connectivity index (χ4n) is 2.10. The van der Waals surface area contributed by atoms with Crippen LogP contribution in [0.1, 0.15) is 28.4 Å². The van der Waals surface area contributed by atoms with E-state index in [9.17, 15) is 4.79 Å². The number of aromatic nitrogens is 1. The normalized spacial score (nSPS) is 10.3. The first kappa shape index (κ1) is 16.0. The van der Waals surface area contributed by atoms with Crippen molar-refractivity contribution in [2.75, 3.05) is 19.0 Å². The van der Waals surface area contributed by atoms with Gasteiger partial charge >= 0.3 is 0 Å². The second-order valence-corrected chi connectivity index (χ2v) is 4.79. The fraction of sp³-hybridized carbons (Fsp3) is 0.294. The van der Waals surface area contributed by atoms with Crippen molar-refractivity contribution in [3.05, 3.63) is 59.3 Å². The van der Waals surface area contributed by atoms with Crippen LogP contribution in [0, 0.1) is 0 Å². The molecule has 0 saturated carbocycles. The van der Waals surface area contributed by atoms with Crippen molar-refractivity contribution in [1.29, 1.82) is 0 Å². The number of carbonyl (C=O) groups excluding carboxylic acids is 1. The number of carbonyl (C=O) groups is 1. The Morgan fingerprint density at radius 2 is 2.05 bits per heavy atom. The van der Waals surface area contributed by atoms with Gasteiger partial charge < -0.3 is 15.4 Å². The average molecular weight is 299 g/mol. The number of nitrogens with zero attached hydrogens (tertiary/aromatic N) is 1. The lowest BCUT2D eigenvalue weighted by Crippen LogP contribution is -2.20. The van der Waals surface area contributed by atoms with Crippen molar-refractivity contribution >= 4 is 11.7 Å². The summed E-state index contributed by atoms with van der Waals surface area (Å²) < 4.78 is 5.42. The maximum absolute atomic E-state index is 11.8. The molecule has 22 heavy (non-hydrogen) atoms. The molecule has 1 aromatic heterocycles. The van der Waals surface area contributed by atoms with Gasteiger partial charge in [0.15, 0.2) is 0 Å². The van der Waals surface area contributed by atoms with Crippen LogP contribution in [0.5, 0.6) is 0 Å². The third-order valence-electron chi connectivity index (χ3n) is 3.20. The molecule has 5 nitrogen and oxygen atoms in total. The number of benzene rings is 1. The number of rotatable bonds is 7. The van der Waals surface area contributed by atoms with E-state index in [2.05, 4.69) is 21.7 Å². The first-order valence-electron chi connectivity index (χ1n) is 7.31. The summed E-state index contributed by atoms with van der Waals surface area (Å²) >= 11 is 0. The molecule has 0 unspecified atom stereocenters. The summed E-state index contributed by atoms with van der Waals surface area (Å²) in [4.78, 5) is 16.0. The van der Waals surface area contributed by atoms with E-state index in [-0.39, 0.29) is 5.91 Å². The van der Waals surface area contributed by atoms with Crippen molar-refractivity contribution in [1.82, 2.24) is 10.3 Å². The van der Waals surface area contributed by atoms with Crippen LogP contribution < -0.4 is 10.6 Å². The SMILES string of the molecule is CCOCc1cccc(CNc2ncccc2C(=O)NC)c1. The van der Waals surface area contributed by atoms with Crippen LogP contribution in [0.15, 0.2) is 42.6 Å². The summed E-state index contributed by atoms with van der Waals surface area (Å²) in [6.45, 7) is 3.89. The molecule has 1 amide bonds. The molecular weight excluding hydrogens is 278 g/mol. The van der Waals surface area contributed by atoms with E-state index in [4.69, 9.17) is 4.74 Å². The molecule has 116 valence electrons. The number of amides is 1. The standard InChI is InChI=1S/C17H21N3O2/c1-3-22-12-14-7-4-6-13(10-14)11-20-16-15(17(21)18-2)8-5-9-19-16/h4-10H,3,11-12H2,1-2H3,(H,18,21)(H,19,20). The van der Waals surface area contributed by atoms with Gasteiger partial charge in [-0.1, -0.05) is 24.3 Å². The number of hydrogen-bond acceptors (Lipinski definition) is 4. The van der Waals surface area contributed by atoms with E-state index >= 15 is 0 Å². The minimum atomic E-state index is -0.152. The van der Waals surface area contributed by atoms with Crippen LogP contribution in [0.3, 0.4) is 0 Å². The van der Waals surface area contributed by atoms with Gasteiger partial charge in [0, 0.05) is 26.4 Å². The largest absolute Gasteiger partial charge is 0.377 e. The van der Waals surface area contributed by atoms with Gasteiger partial charge in [-0.15, -0.1) is 0 Å². The van der Waals surface area contributed by atoms with Crippen LogP contribution in [-0.2, 0) is 17.9 Å². The predicted octanol–water partition coefficient (Wildman–Crippen LogP) is 2.59. The molecule has 0 aliphatic carbocycles. The fourth-order valence-corrected chi connectivity index (χ4v) is 2.10. The molecule has 0 saturated heterocycles. The Morgan fingerprint density at radius 1 is 1.23 bits per heavy atom. The Morgan fingerprint density at radius 3 is 2.82 bits per heavy atom. The molecule has 0 bridgehead atoms. The molecule has 0 spiro atoms. The summed E-state index contributed by atoms with van der Waals surface area (Å²) in [5.41, 5.74) is 2.79. The van der Waals surface area contributed by atoms with Gasteiger partial charge in [-0.3, -0.25) is 4.79 Å². The average Bonchev–Trinajstić information content (AvgIpc) is 2.58. The zero-order chi connectivity index (χ0) is 15.8. The van der Waals surface area contributed by atoms with Gasteiger partial charge in [0.05, 0.1) is 12.2 Å². The van der Waals surface area contributed by atoms with E-state index in [1.165, 1.54) is 0 Å². The lowest BCUT2D eigenvalue weighted by molar-refractivity contribution is 0.0963. The number of anilines is 1. The summed E-state index contributed by atoms with van der Waals surface area (Å²) in [6, 6.07) is 11.7. The van der Waals surface area contributed by atoms with Crippen LogP contribution in [-0.4, -0.2) is 24.5 Å². The maximum atomic E-state index is 11.8. The lowest BCUT2D eigenvalue weighted by Gasteiger charge is -2.11. The van der Waals surface area contributed by atoms with Crippen molar-refractivity contribution in [2.24, 2.45) is 0 Å². The molecular formula is C17H21N3O2. The zero-order valence-electron chi connectivity index (χ0n) is 12.9. The van der Waals surface area contributed by atoms with Gasteiger partial charge in [0.25, 0.3) is 5.91 Å². The molecule has 0 aliphatic rings.